The molecule has 2 aromatic rings. The molecular weight excluding hydrogens is 494 g/mol. The smallest absolute Gasteiger partial charge is 0.330 e. The van der Waals surface area contributed by atoms with Gasteiger partial charge >= 0.3 is 5.69 Å². The van der Waals surface area contributed by atoms with Crippen molar-refractivity contribution in [3.8, 4) is 0 Å². The van der Waals surface area contributed by atoms with E-state index in [1.165, 1.54) is 131 Å². The number of imidazole rings is 1. The van der Waals surface area contributed by atoms with Gasteiger partial charge in [0.15, 0.2) is 11.2 Å². The Balaban J connectivity index is 0.000000412. The van der Waals surface area contributed by atoms with E-state index in [0.717, 1.165) is 4.57 Å². The van der Waals surface area contributed by atoms with E-state index < -0.39 is 23.8 Å². The van der Waals surface area contributed by atoms with Crippen LogP contribution in [0.2, 0.25) is 0 Å². The molecule has 0 unspecified atom stereocenters. The molecule has 0 radical (unpaired) electrons. The molecule has 39 heavy (non-hydrogen) atoms. The molecule has 224 valence electrons. The number of H-pyrrole nitrogens is 1. The Bertz CT molecular complexity index is 1030. The number of nitrogens with one attached hydrogen (secondary N) is 1. The third-order valence-electron chi connectivity index (χ3n) is 7.38. The number of carboxylic acid groups (broad SMARTS) is 1. The molecular formula is C30H55N5O4. The second-order valence-electron chi connectivity index (χ2n) is 11.6. The molecule has 0 spiro atoms. The molecule has 0 aliphatic carbocycles. The predicted molar refractivity (Wildman–Crippen MR) is 158 cm³/mol. The quantitative estimate of drug-likeness (QED) is 0.193. The highest BCUT2D eigenvalue weighted by Crippen LogP contribution is 2.13. The first kappa shape index (κ1) is 34.6. The van der Waals surface area contributed by atoms with Crippen molar-refractivity contribution in [2.45, 2.75) is 123 Å². The van der Waals surface area contributed by atoms with E-state index >= 15 is 0 Å². The highest BCUT2D eigenvalue weighted by Gasteiger charge is 2.13. The zero-order valence-electron chi connectivity index (χ0n) is 25.4. The van der Waals surface area contributed by atoms with Crippen molar-refractivity contribution in [1.29, 1.82) is 0 Å². The van der Waals surface area contributed by atoms with E-state index in [1.807, 2.05) is 4.98 Å². The largest absolute Gasteiger partial charge is 0.548 e. The summed E-state index contributed by atoms with van der Waals surface area (Å²) in [5.74, 6) is -1.43. The lowest BCUT2D eigenvalue weighted by Crippen LogP contribution is -2.41. The number of aromatic nitrogens is 4. The fraction of sp³-hybridized carbons (Fsp3) is 0.800. The number of carbonyl (C=O) groups excluding carboxylic acids is 1. The molecule has 0 aromatic carbocycles. The lowest BCUT2D eigenvalue weighted by atomic mass is 10.1. The maximum Gasteiger partial charge on any atom is 0.330 e. The monoisotopic (exact) mass is 549 g/mol. The zero-order valence-corrected chi connectivity index (χ0v) is 25.4. The number of aliphatic carboxylic acids is 1. The van der Waals surface area contributed by atoms with Gasteiger partial charge in [0.1, 0.15) is 0 Å². The Kier molecular flexibility index (Phi) is 17.4. The van der Waals surface area contributed by atoms with Crippen LogP contribution in [0, 0.1) is 0 Å². The van der Waals surface area contributed by atoms with Crippen molar-refractivity contribution in [2.75, 3.05) is 27.2 Å². The van der Waals surface area contributed by atoms with Gasteiger partial charge in [-0.3, -0.25) is 14.3 Å². The Labute approximate surface area is 235 Å². The lowest BCUT2D eigenvalue weighted by Gasteiger charge is -2.30. The number of quaternary nitrogens is 1. The summed E-state index contributed by atoms with van der Waals surface area (Å²) < 4.78 is 3.48. The van der Waals surface area contributed by atoms with Gasteiger partial charge in [-0.15, -0.1) is 0 Å². The number of aryl methyl sites for hydroxylation is 1. The van der Waals surface area contributed by atoms with Crippen LogP contribution in [0.3, 0.4) is 0 Å². The number of aromatic amines is 1. The summed E-state index contributed by atoms with van der Waals surface area (Å²) in [5, 5.41) is 10.5. The highest BCUT2D eigenvalue weighted by atomic mass is 16.4. The fourth-order valence-corrected chi connectivity index (χ4v) is 4.93. The Hall–Kier alpha value is -2.42. The second-order valence-corrected chi connectivity index (χ2v) is 11.6. The Morgan fingerprint density at radius 2 is 1.26 bits per heavy atom. The van der Waals surface area contributed by atoms with Crippen molar-refractivity contribution in [3.63, 3.8) is 0 Å². The number of fused-ring (bicyclic) bond motifs is 1. The Morgan fingerprint density at radius 1 is 0.821 bits per heavy atom. The minimum absolute atomic E-state index is 0.0282. The van der Waals surface area contributed by atoms with Crippen molar-refractivity contribution in [3.05, 3.63) is 27.2 Å². The molecule has 9 heteroatoms. The van der Waals surface area contributed by atoms with Crippen LogP contribution in [0.4, 0.5) is 0 Å². The predicted octanol–water partition coefficient (Wildman–Crippen LogP) is 4.52. The summed E-state index contributed by atoms with van der Waals surface area (Å²) in [7, 11) is 6.43. The highest BCUT2D eigenvalue weighted by molar-refractivity contribution is 5.72. The zero-order chi connectivity index (χ0) is 29.1. The lowest BCUT2D eigenvalue weighted by molar-refractivity contribution is -0.890. The van der Waals surface area contributed by atoms with Crippen LogP contribution in [0.15, 0.2) is 15.9 Å². The van der Waals surface area contributed by atoms with Crippen LogP contribution < -0.4 is 16.4 Å². The molecule has 2 heterocycles. The van der Waals surface area contributed by atoms with E-state index in [9.17, 15) is 19.5 Å². The first-order chi connectivity index (χ1) is 18.6. The summed E-state index contributed by atoms with van der Waals surface area (Å²) in [5.41, 5.74) is -1.25. The molecule has 0 bridgehead atoms. The third kappa shape index (κ3) is 14.5. The molecule has 1 N–H and O–H groups in total. The minimum Gasteiger partial charge on any atom is -0.548 e. The van der Waals surface area contributed by atoms with Crippen LogP contribution in [0.25, 0.3) is 11.2 Å². The molecule has 2 aromatic heterocycles. The number of hydrogen-bond donors (Lipinski definition) is 1. The molecule has 0 amide bonds. The minimum atomic E-state index is -1.43. The topological polar surface area (TPSA) is 113 Å². The van der Waals surface area contributed by atoms with Crippen molar-refractivity contribution < 1.29 is 14.4 Å². The standard InChI is InChI=1S/C22H48N.C8H8N4O4/c1-5-7-9-11-13-15-17-19-21-23(3,4)22-20-18-16-14-12-10-8-6-2;1-11-3-9-6-5(11)7(15)10-8(16)12(6)2-4(13)14/h5-22H2,1-4H3;3H,2H2,1H3,(H,13,14)(H,10,15,16)/q+1;/p-1. The van der Waals surface area contributed by atoms with Gasteiger partial charge in [0.05, 0.1) is 46.0 Å². The first-order valence-corrected chi connectivity index (χ1v) is 15.3. The summed E-state index contributed by atoms with van der Waals surface area (Å²) in [4.78, 5) is 39.1. The van der Waals surface area contributed by atoms with E-state index in [1.54, 1.807) is 7.05 Å². The van der Waals surface area contributed by atoms with Crippen LogP contribution in [0.1, 0.15) is 117 Å². The second kappa shape index (κ2) is 19.6. The van der Waals surface area contributed by atoms with Gasteiger partial charge in [-0.1, -0.05) is 90.9 Å². The number of nitrogens with zero attached hydrogens (tertiary/aromatic N) is 4. The van der Waals surface area contributed by atoms with Gasteiger partial charge in [0, 0.05) is 7.05 Å². The van der Waals surface area contributed by atoms with Crippen LogP contribution in [0.5, 0.6) is 0 Å². The van der Waals surface area contributed by atoms with Gasteiger partial charge in [-0.2, -0.15) is 0 Å². The average Bonchev–Trinajstić information content (AvgIpc) is 3.27. The normalized spacial score (nSPS) is 11.5. The van der Waals surface area contributed by atoms with Crippen LogP contribution in [-0.2, 0) is 18.4 Å². The van der Waals surface area contributed by atoms with E-state index in [2.05, 4.69) is 32.9 Å². The molecule has 0 aliphatic heterocycles. The summed E-state index contributed by atoms with van der Waals surface area (Å²) >= 11 is 0. The molecule has 0 saturated carbocycles. The molecule has 0 fully saturated rings. The third-order valence-corrected chi connectivity index (χ3v) is 7.38. The molecule has 9 nitrogen and oxygen atoms in total. The van der Waals surface area contributed by atoms with Gasteiger partial charge < -0.3 is 19.0 Å². The maximum absolute atomic E-state index is 11.4. The number of carbonyl (C=O) groups is 1. The van der Waals surface area contributed by atoms with Crippen molar-refractivity contribution in [1.82, 2.24) is 19.1 Å². The maximum atomic E-state index is 11.4. The SMILES string of the molecule is CCCCCCCCCC[N+](C)(C)CCCCCCCCCC.Cn1cnc2c1c(=O)[nH]c(=O)n2CC(=O)[O-]. The van der Waals surface area contributed by atoms with Crippen LogP contribution in [-0.4, -0.2) is 56.7 Å². The molecule has 0 saturated heterocycles. The van der Waals surface area contributed by atoms with Crippen molar-refractivity contribution in [2.24, 2.45) is 7.05 Å². The van der Waals surface area contributed by atoms with Gasteiger partial charge in [-0.05, 0) is 25.7 Å². The summed E-state index contributed by atoms with van der Waals surface area (Å²) in [6.07, 6.45) is 24.4. The summed E-state index contributed by atoms with van der Waals surface area (Å²) in [6.45, 7) is 6.71. The molecule has 0 aliphatic rings. The Morgan fingerprint density at radius 3 is 1.69 bits per heavy atom. The fourth-order valence-electron chi connectivity index (χ4n) is 4.93. The van der Waals surface area contributed by atoms with E-state index in [-0.39, 0.29) is 11.2 Å². The first-order valence-electron chi connectivity index (χ1n) is 15.3. The summed E-state index contributed by atoms with van der Waals surface area (Å²) in [6, 6.07) is 0. The number of unbranched alkanes of at least 4 members (excludes halogenated alkanes) is 14. The van der Waals surface area contributed by atoms with Crippen molar-refractivity contribution >= 4 is 17.1 Å². The van der Waals surface area contributed by atoms with Gasteiger partial charge in [0.2, 0.25) is 0 Å². The van der Waals surface area contributed by atoms with Crippen LogP contribution >= 0.6 is 0 Å². The number of carboxylic acids is 1. The van der Waals surface area contributed by atoms with Gasteiger partial charge in [0.25, 0.3) is 5.56 Å². The van der Waals surface area contributed by atoms with E-state index in [0.29, 0.717) is 0 Å². The molecule has 0 atom stereocenters. The van der Waals surface area contributed by atoms with E-state index in [4.69, 9.17) is 0 Å². The average molecular weight is 550 g/mol. The number of rotatable bonds is 20. The van der Waals surface area contributed by atoms with Gasteiger partial charge in [-0.25, -0.2) is 9.78 Å². The molecule has 2 rings (SSSR count). The number of hydrogen-bond acceptors (Lipinski definition) is 5.